The van der Waals surface area contributed by atoms with Crippen molar-refractivity contribution >= 4 is 38.6 Å². The molecule has 0 amide bonds. The number of aryl methyl sites for hydroxylation is 1. The topological polar surface area (TPSA) is 76.0 Å². The molecule has 8 heteroatoms. The lowest BCUT2D eigenvalue weighted by atomic mass is 10.1. The van der Waals surface area contributed by atoms with Gasteiger partial charge < -0.3 is 9.64 Å². The Kier molecular flexibility index (Phi) is 4.92. The minimum absolute atomic E-state index is 0.00169. The van der Waals surface area contributed by atoms with Crippen molar-refractivity contribution in [3.63, 3.8) is 0 Å². The summed E-state index contributed by atoms with van der Waals surface area (Å²) in [5.41, 5.74) is 2.56. The Labute approximate surface area is 162 Å². The van der Waals surface area contributed by atoms with E-state index in [0.717, 1.165) is 23.4 Å². The normalized spacial score (nSPS) is 17.0. The average molecular weight is 402 g/mol. The number of amidine groups is 1. The van der Waals surface area contributed by atoms with Gasteiger partial charge in [-0.1, -0.05) is 30.3 Å². The summed E-state index contributed by atoms with van der Waals surface area (Å²) in [5.74, 6) is -0.368. The SMILES string of the molecule is O=C(OCCCc1ccccc1)c1ccc2c(c1)SC1=NS(=O)(=O)CCN12. The Morgan fingerprint density at radius 3 is 2.81 bits per heavy atom. The third kappa shape index (κ3) is 4.01. The molecule has 0 saturated carbocycles. The molecule has 140 valence electrons. The number of rotatable bonds is 5. The maximum Gasteiger partial charge on any atom is 0.338 e. The summed E-state index contributed by atoms with van der Waals surface area (Å²) in [6.45, 7) is 0.736. The molecular formula is C19H18N2O4S2. The van der Waals surface area contributed by atoms with Crippen LogP contribution >= 0.6 is 11.8 Å². The lowest BCUT2D eigenvalue weighted by Gasteiger charge is -2.22. The zero-order chi connectivity index (χ0) is 18.9. The molecule has 4 rings (SSSR count). The van der Waals surface area contributed by atoms with Gasteiger partial charge in [0.1, 0.15) is 0 Å². The number of carbonyl (C=O) groups excluding carboxylic acids is 1. The van der Waals surface area contributed by atoms with Gasteiger partial charge in [-0.15, -0.1) is 4.40 Å². The predicted octanol–water partition coefficient (Wildman–Crippen LogP) is 3.09. The molecule has 2 aliphatic rings. The summed E-state index contributed by atoms with van der Waals surface area (Å²) in [6.07, 6.45) is 1.62. The van der Waals surface area contributed by atoms with E-state index in [1.54, 1.807) is 12.1 Å². The Morgan fingerprint density at radius 1 is 1.19 bits per heavy atom. The molecule has 2 aromatic carbocycles. The molecule has 0 fully saturated rings. The molecule has 0 unspecified atom stereocenters. The quantitative estimate of drug-likeness (QED) is 0.565. The summed E-state index contributed by atoms with van der Waals surface area (Å²) < 4.78 is 32.5. The lowest BCUT2D eigenvalue weighted by molar-refractivity contribution is 0.0500. The minimum Gasteiger partial charge on any atom is -0.462 e. The molecule has 2 heterocycles. The van der Waals surface area contributed by atoms with Crippen LogP contribution in [0.2, 0.25) is 0 Å². The van der Waals surface area contributed by atoms with Gasteiger partial charge in [0, 0.05) is 11.4 Å². The molecule has 6 nitrogen and oxygen atoms in total. The zero-order valence-electron chi connectivity index (χ0n) is 14.5. The summed E-state index contributed by atoms with van der Waals surface area (Å²) in [4.78, 5) is 15.0. The number of benzene rings is 2. The van der Waals surface area contributed by atoms with Crippen LogP contribution in [0.4, 0.5) is 5.69 Å². The first-order chi connectivity index (χ1) is 13.0. The molecule has 0 saturated heterocycles. The summed E-state index contributed by atoms with van der Waals surface area (Å²) in [7, 11) is -3.39. The third-order valence-electron chi connectivity index (χ3n) is 4.39. The van der Waals surface area contributed by atoms with E-state index in [9.17, 15) is 13.2 Å². The number of nitrogens with zero attached hydrogens (tertiary/aromatic N) is 2. The molecule has 0 N–H and O–H groups in total. The number of sulfonamides is 1. The van der Waals surface area contributed by atoms with Crippen molar-refractivity contribution in [2.45, 2.75) is 17.7 Å². The number of ether oxygens (including phenoxy) is 1. The second-order valence-electron chi connectivity index (χ2n) is 6.32. The number of hydrogen-bond donors (Lipinski definition) is 0. The van der Waals surface area contributed by atoms with E-state index in [2.05, 4.69) is 16.5 Å². The van der Waals surface area contributed by atoms with Crippen molar-refractivity contribution in [3.05, 3.63) is 59.7 Å². The van der Waals surface area contributed by atoms with Crippen molar-refractivity contribution < 1.29 is 17.9 Å². The van der Waals surface area contributed by atoms with Crippen LogP contribution < -0.4 is 4.90 Å². The van der Waals surface area contributed by atoms with Crippen LogP contribution in [-0.4, -0.2) is 38.5 Å². The number of anilines is 1. The molecular weight excluding hydrogens is 384 g/mol. The van der Waals surface area contributed by atoms with E-state index in [1.165, 1.54) is 17.3 Å². The average Bonchev–Trinajstić information content (AvgIpc) is 3.01. The minimum atomic E-state index is -3.39. The zero-order valence-corrected chi connectivity index (χ0v) is 16.1. The van der Waals surface area contributed by atoms with Crippen molar-refractivity contribution in [1.29, 1.82) is 0 Å². The molecule has 0 aliphatic carbocycles. The fourth-order valence-electron chi connectivity index (χ4n) is 3.03. The van der Waals surface area contributed by atoms with Crippen molar-refractivity contribution in [2.24, 2.45) is 4.40 Å². The van der Waals surface area contributed by atoms with E-state index in [1.807, 2.05) is 29.2 Å². The van der Waals surface area contributed by atoms with Crippen LogP contribution in [0.25, 0.3) is 0 Å². The fourth-order valence-corrected chi connectivity index (χ4v) is 5.32. The van der Waals surface area contributed by atoms with Crippen LogP contribution in [0.5, 0.6) is 0 Å². The highest BCUT2D eigenvalue weighted by molar-refractivity contribution is 8.15. The van der Waals surface area contributed by atoms with Gasteiger partial charge in [-0.3, -0.25) is 0 Å². The van der Waals surface area contributed by atoms with Gasteiger partial charge >= 0.3 is 5.97 Å². The number of thioether (sulfide) groups is 1. The Bertz CT molecular complexity index is 1000. The molecule has 27 heavy (non-hydrogen) atoms. The van der Waals surface area contributed by atoms with Crippen LogP contribution in [0.15, 0.2) is 57.8 Å². The van der Waals surface area contributed by atoms with Gasteiger partial charge in [-0.05, 0) is 48.4 Å². The number of carbonyl (C=O) groups is 1. The number of fused-ring (bicyclic) bond motifs is 3. The predicted molar refractivity (Wildman–Crippen MR) is 106 cm³/mol. The molecule has 2 aliphatic heterocycles. The highest BCUT2D eigenvalue weighted by Gasteiger charge is 2.33. The van der Waals surface area contributed by atoms with Gasteiger partial charge in [0.2, 0.25) is 0 Å². The van der Waals surface area contributed by atoms with E-state index >= 15 is 0 Å². The van der Waals surface area contributed by atoms with Crippen LogP contribution in [0, 0.1) is 0 Å². The Morgan fingerprint density at radius 2 is 2.00 bits per heavy atom. The van der Waals surface area contributed by atoms with Crippen LogP contribution in [-0.2, 0) is 21.2 Å². The summed E-state index contributed by atoms with van der Waals surface area (Å²) in [5, 5.41) is 0.449. The van der Waals surface area contributed by atoms with E-state index < -0.39 is 10.0 Å². The van der Waals surface area contributed by atoms with Gasteiger partial charge in [-0.2, -0.15) is 0 Å². The van der Waals surface area contributed by atoms with Crippen LogP contribution in [0.3, 0.4) is 0 Å². The van der Waals surface area contributed by atoms with E-state index in [0.29, 0.717) is 23.9 Å². The Hall–Kier alpha value is -2.32. The highest BCUT2D eigenvalue weighted by atomic mass is 32.2. The van der Waals surface area contributed by atoms with Crippen molar-refractivity contribution in [2.75, 3.05) is 23.8 Å². The number of hydrogen-bond acceptors (Lipinski definition) is 6. The molecule has 0 bridgehead atoms. The van der Waals surface area contributed by atoms with Gasteiger partial charge in [0.05, 0.1) is 23.6 Å². The largest absolute Gasteiger partial charge is 0.462 e. The molecule has 0 radical (unpaired) electrons. The van der Waals surface area contributed by atoms with E-state index in [4.69, 9.17) is 4.74 Å². The maximum atomic E-state index is 12.3. The first-order valence-corrected chi connectivity index (χ1v) is 11.1. The standard InChI is InChI=1S/C19H18N2O4S2/c22-18(25-11-4-7-14-5-2-1-3-6-14)15-8-9-16-17(13-15)26-19-20-27(23,24)12-10-21(16)19/h1-3,5-6,8-9,13H,4,7,10-12H2. The third-order valence-corrected chi connectivity index (χ3v) is 6.70. The smallest absolute Gasteiger partial charge is 0.338 e. The van der Waals surface area contributed by atoms with Gasteiger partial charge in [-0.25, -0.2) is 13.2 Å². The van der Waals surface area contributed by atoms with Crippen molar-refractivity contribution in [1.82, 2.24) is 0 Å². The fraction of sp³-hybridized carbons (Fsp3) is 0.263. The molecule has 0 atom stereocenters. The molecule has 0 aromatic heterocycles. The maximum absolute atomic E-state index is 12.3. The first kappa shape index (κ1) is 18.1. The van der Waals surface area contributed by atoms with Crippen LogP contribution in [0.1, 0.15) is 22.3 Å². The van der Waals surface area contributed by atoms with Crippen molar-refractivity contribution in [3.8, 4) is 0 Å². The monoisotopic (exact) mass is 402 g/mol. The molecule has 0 spiro atoms. The van der Waals surface area contributed by atoms with Gasteiger partial charge in [0.25, 0.3) is 10.0 Å². The number of esters is 1. The second kappa shape index (κ2) is 7.36. The van der Waals surface area contributed by atoms with Gasteiger partial charge in [0.15, 0.2) is 5.17 Å². The highest BCUT2D eigenvalue weighted by Crippen LogP contribution is 2.42. The first-order valence-electron chi connectivity index (χ1n) is 8.65. The Balaban J connectivity index is 1.38. The second-order valence-corrected chi connectivity index (χ2v) is 9.08. The van der Waals surface area contributed by atoms with E-state index in [-0.39, 0.29) is 11.7 Å². The lowest BCUT2D eigenvalue weighted by Crippen LogP contribution is -2.35. The summed E-state index contributed by atoms with van der Waals surface area (Å²) >= 11 is 1.27. The molecule has 2 aromatic rings. The summed E-state index contributed by atoms with van der Waals surface area (Å²) in [6, 6.07) is 15.3.